The van der Waals surface area contributed by atoms with Gasteiger partial charge in [-0.3, -0.25) is 14.4 Å². The molecule has 0 saturated carbocycles. The van der Waals surface area contributed by atoms with Crippen molar-refractivity contribution < 1.29 is 38.1 Å². The van der Waals surface area contributed by atoms with Gasteiger partial charge in [0.1, 0.15) is 26.4 Å². The van der Waals surface area contributed by atoms with E-state index in [-0.39, 0.29) is 64.5 Å². The van der Waals surface area contributed by atoms with Gasteiger partial charge < -0.3 is 18.9 Å². The molecule has 0 aromatic rings. The summed E-state index contributed by atoms with van der Waals surface area (Å²) < 4.78 is 19.9. The minimum atomic E-state index is -1.41. The molecule has 224 valence electrons. The van der Waals surface area contributed by atoms with E-state index in [9.17, 15) is 29.7 Å². The molecule has 0 aliphatic carbocycles. The lowest BCUT2D eigenvalue weighted by atomic mass is 9.97. The van der Waals surface area contributed by atoms with E-state index >= 15 is 0 Å². The van der Waals surface area contributed by atoms with Gasteiger partial charge in [-0.15, -0.1) is 0 Å². The molecule has 0 radical (unpaired) electrons. The zero-order chi connectivity index (χ0) is 30.3. The van der Waals surface area contributed by atoms with Crippen molar-refractivity contribution in [3.8, 4) is 12.1 Å². The summed E-state index contributed by atoms with van der Waals surface area (Å²) in [5.41, 5.74) is -2.83. The average molecular weight is 637 g/mol. The van der Waals surface area contributed by atoms with Gasteiger partial charge in [-0.1, -0.05) is 0 Å². The molecule has 16 heteroatoms. The van der Waals surface area contributed by atoms with Gasteiger partial charge in [0.25, 0.3) is 0 Å². The van der Waals surface area contributed by atoms with Crippen LogP contribution in [0.5, 0.6) is 0 Å². The Morgan fingerprint density at radius 3 is 1.55 bits per heavy atom. The van der Waals surface area contributed by atoms with Crippen LogP contribution in [0.2, 0.25) is 0 Å². The third kappa shape index (κ3) is 19.8. The number of carbonyl (C=O) groups is 4. The van der Waals surface area contributed by atoms with Crippen LogP contribution in [0.4, 0.5) is 4.79 Å². The van der Waals surface area contributed by atoms with Gasteiger partial charge in [-0.05, 0) is 50.0 Å². The molecule has 0 spiro atoms. The Labute approximate surface area is 254 Å². The Morgan fingerprint density at radius 1 is 0.700 bits per heavy atom. The molecule has 0 saturated heterocycles. The predicted molar refractivity (Wildman–Crippen MR) is 158 cm³/mol. The highest BCUT2D eigenvalue weighted by Crippen LogP contribution is 2.24. The highest BCUT2D eigenvalue weighted by molar-refractivity contribution is 8.13. The third-order valence-electron chi connectivity index (χ3n) is 4.78. The number of nitrogens with zero attached hydrogens (tertiary/aromatic N) is 4. The molecule has 2 unspecified atom stereocenters. The van der Waals surface area contributed by atoms with Gasteiger partial charge >= 0.3 is 23.2 Å². The molecule has 0 aromatic heterocycles. The molecule has 0 aliphatic rings. The van der Waals surface area contributed by atoms with Crippen molar-refractivity contribution in [1.29, 1.82) is 10.5 Å². The highest BCUT2D eigenvalue weighted by atomic mass is 32.2. The summed E-state index contributed by atoms with van der Waals surface area (Å²) in [7, 11) is 0. The molecule has 0 heterocycles. The Hall–Kier alpha value is -2.14. The molecule has 0 bridgehead atoms. The van der Waals surface area contributed by atoms with Crippen molar-refractivity contribution in [2.45, 2.75) is 57.0 Å². The Kier molecular flexibility index (Phi) is 21.3. The van der Waals surface area contributed by atoms with Crippen molar-refractivity contribution in [3.05, 3.63) is 0 Å². The standard InChI is InChI=1S/C24H36N4O8S4/c1-23(17-25,6-3-19(29)33-8-9-35-21(31)5-14-39-15-12-37)27-28-24(2,18-26)7-4-20(30)34-10-11-36-22(32)40-16-13-38/h37-38H,3-16H2,1-2H3. The second-order valence-electron chi connectivity index (χ2n) is 8.39. The lowest BCUT2D eigenvalue weighted by Gasteiger charge is -2.19. The normalized spacial score (nSPS) is 13.8. The fraction of sp³-hybridized carbons (Fsp3) is 0.750. The van der Waals surface area contributed by atoms with Gasteiger partial charge in [-0.25, -0.2) is 4.79 Å². The lowest BCUT2D eigenvalue weighted by Crippen LogP contribution is -2.26. The molecule has 0 aromatic carbocycles. The predicted octanol–water partition coefficient (Wildman–Crippen LogP) is 4.05. The van der Waals surface area contributed by atoms with Crippen LogP contribution in [0.25, 0.3) is 0 Å². The first kappa shape index (κ1) is 37.9. The number of carbonyl (C=O) groups excluding carboxylic acids is 4. The summed E-state index contributed by atoms with van der Waals surface area (Å²) in [5, 5.41) is 26.6. The van der Waals surface area contributed by atoms with E-state index in [1.807, 2.05) is 12.1 Å². The van der Waals surface area contributed by atoms with E-state index < -0.39 is 28.3 Å². The number of ether oxygens (including phenoxy) is 4. The third-order valence-corrected chi connectivity index (χ3v) is 7.58. The fourth-order valence-electron chi connectivity index (χ4n) is 2.47. The molecule has 0 rings (SSSR count). The topological polar surface area (TPSA) is 177 Å². The van der Waals surface area contributed by atoms with Crippen LogP contribution in [-0.2, 0) is 33.3 Å². The monoisotopic (exact) mass is 636 g/mol. The summed E-state index contributed by atoms with van der Waals surface area (Å²) in [5.74, 6) is 1.65. The second-order valence-corrected chi connectivity index (χ2v) is 11.5. The van der Waals surface area contributed by atoms with Gasteiger partial charge in [0.15, 0.2) is 11.1 Å². The molecule has 12 nitrogen and oxygen atoms in total. The van der Waals surface area contributed by atoms with Crippen LogP contribution in [-0.4, -0.2) is 89.5 Å². The summed E-state index contributed by atoms with van der Waals surface area (Å²) in [6, 6.07) is 3.94. The van der Waals surface area contributed by atoms with Gasteiger partial charge in [0.05, 0.1) is 18.6 Å². The van der Waals surface area contributed by atoms with E-state index in [1.54, 1.807) is 11.8 Å². The molecule has 0 N–H and O–H groups in total. The first-order valence-corrected chi connectivity index (χ1v) is 15.8. The second kappa shape index (κ2) is 22.5. The quantitative estimate of drug-likeness (QED) is 0.0608. The molecular formula is C24H36N4O8S4. The van der Waals surface area contributed by atoms with Crippen LogP contribution >= 0.6 is 48.8 Å². The zero-order valence-corrected chi connectivity index (χ0v) is 26.1. The maximum atomic E-state index is 12.0. The molecule has 0 aliphatic heterocycles. The number of azo groups is 1. The molecule has 0 fully saturated rings. The number of hydrogen-bond acceptors (Lipinski definition) is 16. The average Bonchev–Trinajstić information content (AvgIpc) is 2.95. The first-order valence-electron chi connectivity index (χ1n) is 12.4. The maximum Gasteiger partial charge on any atom is 0.367 e. The van der Waals surface area contributed by atoms with Gasteiger partial charge in [0, 0.05) is 30.1 Å². The molecule has 40 heavy (non-hydrogen) atoms. The Bertz CT molecular complexity index is 928. The summed E-state index contributed by atoms with van der Waals surface area (Å²) in [4.78, 5) is 47.0. The minimum Gasteiger partial charge on any atom is -0.462 e. The van der Waals surface area contributed by atoms with E-state index in [4.69, 9.17) is 18.9 Å². The molecule has 0 amide bonds. The van der Waals surface area contributed by atoms with Crippen molar-refractivity contribution >= 4 is 72.0 Å². The SMILES string of the molecule is CC(C#N)(CCC(=O)OCCOC(=O)CCSCCS)N=NC(C)(C#N)CCC(=O)OCCOC(=O)SCCS. The largest absolute Gasteiger partial charge is 0.462 e. The van der Waals surface area contributed by atoms with Gasteiger partial charge in [-0.2, -0.15) is 57.8 Å². The van der Waals surface area contributed by atoms with E-state index in [2.05, 4.69) is 35.5 Å². The minimum absolute atomic E-state index is 0.0253. The molecular weight excluding hydrogens is 601 g/mol. The van der Waals surface area contributed by atoms with E-state index in [1.165, 1.54) is 13.8 Å². The zero-order valence-electron chi connectivity index (χ0n) is 22.7. The van der Waals surface area contributed by atoms with Gasteiger partial charge in [0.2, 0.25) is 0 Å². The first-order chi connectivity index (χ1) is 19.0. The number of nitriles is 2. The summed E-state index contributed by atoms with van der Waals surface area (Å²) in [6.07, 6.45) is -0.0960. The number of thiol groups is 2. The number of rotatable bonds is 21. The Morgan fingerprint density at radius 2 is 1.12 bits per heavy atom. The van der Waals surface area contributed by atoms with Crippen LogP contribution in [0.15, 0.2) is 10.2 Å². The van der Waals surface area contributed by atoms with Crippen LogP contribution in [0.1, 0.15) is 46.0 Å². The number of thioether (sulfide) groups is 2. The van der Waals surface area contributed by atoms with Crippen molar-refractivity contribution in [1.82, 2.24) is 0 Å². The van der Waals surface area contributed by atoms with Crippen molar-refractivity contribution in [2.75, 3.05) is 55.2 Å². The fourth-order valence-corrected chi connectivity index (χ4v) is 4.20. The van der Waals surface area contributed by atoms with Crippen LogP contribution in [0.3, 0.4) is 0 Å². The Balaban J connectivity index is 4.46. The molecule has 2 atom stereocenters. The van der Waals surface area contributed by atoms with Crippen molar-refractivity contribution in [2.24, 2.45) is 10.2 Å². The van der Waals surface area contributed by atoms with Crippen LogP contribution in [0, 0.1) is 22.7 Å². The smallest absolute Gasteiger partial charge is 0.367 e. The highest BCUT2D eigenvalue weighted by Gasteiger charge is 2.30. The van der Waals surface area contributed by atoms with E-state index in [0.29, 0.717) is 17.3 Å². The number of esters is 3. The summed E-state index contributed by atoms with van der Waals surface area (Å²) >= 11 is 10.6. The number of hydrogen-bond donors (Lipinski definition) is 2. The lowest BCUT2D eigenvalue weighted by molar-refractivity contribution is -0.152. The summed E-state index contributed by atoms with van der Waals surface area (Å²) in [6.45, 7) is 2.51. The van der Waals surface area contributed by atoms with Crippen LogP contribution < -0.4 is 0 Å². The maximum absolute atomic E-state index is 12.0. The van der Waals surface area contributed by atoms with Crippen molar-refractivity contribution in [3.63, 3.8) is 0 Å². The van der Waals surface area contributed by atoms with E-state index in [0.717, 1.165) is 23.3 Å².